The number of hydrogen-bond donors (Lipinski definition) is 1. The van der Waals surface area contributed by atoms with Crippen molar-refractivity contribution >= 4 is 23.1 Å². The van der Waals surface area contributed by atoms with Gasteiger partial charge < -0.3 is 14.8 Å². The van der Waals surface area contributed by atoms with Crippen LogP contribution in [0.4, 0.5) is 10.1 Å². The normalized spacial score (nSPS) is 13.5. The molecule has 3 aromatic carbocycles. The molecule has 1 N–H and O–H groups in total. The summed E-state index contributed by atoms with van der Waals surface area (Å²) in [5.41, 5.74) is 2.58. The van der Waals surface area contributed by atoms with Crippen LogP contribution in [0.1, 0.15) is 11.1 Å². The number of amides is 2. The highest BCUT2D eigenvalue weighted by atomic mass is 19.1. The molecule has 0 fully saturated rings. The number of anilines is 1. The summed E-state index contributed by atoms with van der Waals surface area (Å²) in [7, 11) is 3.14. The minimum absolute atomic E-state index is 0.177. The number of rotatable bonds is 8. The summed E-state index contributed by atoms with van der Waals surface area (Å²) in [6, 6.07) is 20.1. The second-order valence-electron chi connectivity index (χ2n) is 7.47. The molecule has 0 aromatic heterocycles. The molecule has 0 saturated heterocycles. The molecule has 2 amide bonds. The lowest BCUT2D eigenvalue weighted by Crippen LogP contribution is -2.34. The second-order valence-corrected chi connectivity index (χ2v) is 7.47. The first-order valence-corrected chi connectivity index (χ1v) is 10.4. The van der Waals surface area contributed by atoms with Gasteiger partial charge >= 0.3 is 0 Å². The van der Waals surface area contributed by atoms with Crippen LogP contribution >= 0.6 is 0 Å². The molecule has 6 nitrogen and oxygen atoms in total. The first-order chi connectivity index (χ1) is 16.0. The Morgan fingerprint density at radius 3 is 1.94 bits per heavy atom. The molecular formula is C26H23FN2O4. The Bertz CT molecular complexity index is 1190. The fourth-order valence-corrected chi connectivity index (χ4v) is 3.63. The molecule has 1 aliphatic rings. The predicted molar refractivity (Wildman–Crippen MR) is 123 cm³/mol. The fourth-order valence-electron chi connectivity index (χ4n) is 3.63. The maximum atomic E-state index is 13.3. The second kappa shape index (κ2) is 9.56. The molecule has 4 rings (SSSR count). The molecule has 1 aliphatic heterocycles. The average molecular weight is 446 g/mol. The number of halogens is 1. The Morgan fingerprint density at radius 2 is 1.36 bits per heavy atom. The number of carbonyl (C=O) groups excluding carboxylic acids is 2. The molecular weight excluding hydrogens is 423 g/mol. The molecule has 0 saturated carbocycles. The van der Waals surface area contributed by atoms with E-state index in [2.05, 4.69) is 5.32 Å². The highest BCUT2D eigenvalue weighted by molar-refractivity contribution is 6.36. The largest absolute Gasteiger partial charge is 0.497 e. The Morgan fingerprint density at radius 1 is 0.788 bits per heavy atom. The molecule has 0 spiro atoms. The van der Waals surface area contributed by atoms with Crippen molar-refractivity contribution in [2.45, 2.75) is 6.42 Å². The van der Waals surface area contributed by atoms with Crippen molar-refractivity contribution in [2.24, 2.45) is 0 Å². The predicted octanol–water partition coefficient (Wildman–Crippen LogP) is 4.28. The lowest BCUT2D eigenvalue weighted by Gasteiger charge is -2.15. The molecule has 0 radical (unpaired) electrons. The van der Waals surface area contributed by atoms with Crippen LogP contribution in [0.25, 0.3) is 5.57 Å². The van der Waals surface area contributed by atoms with Crippen molar-refractivity contribution in [3.8, 4) is 11.5 Å². The van der Waals surface area contributed by atoms with Crippen LogP contribution in [0.2, 0.25) is 0 Å². The highest BCUT2D eigenvalue weighted by Gasteiger charge is 2.39. The van der Waals surface area contributed by atoms with Gasteiger partial charge in [-0.25, -0.2) is 4.39 Å². The zero-order chi connectivity index (χ0) is 23.4. The van der Waals surface area contributed by atoms with Crippen LogP contribution < -0.4 is 14.8 Å². The number of nitrogens with one attached hydrogen (secondary N) is 1. The van der Waals surface area contributed by atoms with Crippen LogP contribution in [-0.4, -0.2) is 37.5 Å². The Kier molecular flexibility index (Phi) is 6.40. The van der Waals surface area contributed by atoms with E-state index in [1.54, 1.807) is 74.9 Å². The number of benzene rings is 3. The zero-order valence-electron chi connectivity index (χ0n) is 18.3. The van der Waals surface area contributed by atoms with Crippen molar-refractivity contribution in [1.82, 2.24) is 4.90 Å². The first kappa shape index (κ1) is 22.1. The van der Waals surface area contributed by atoms with Gasteiger partial charge in [-0.2, -0.15) is 0 Å². The van der Waals surface area contributed by atoms with Crippen molar-refractivity contribution in [3.05, 3.63) is 95.4 Å². The minimum atomic E-state index is -0.413. The number of carbonyl (C=O) groups is 2. The number of ether oxygens (including phenoxy) is 2. The van der Waals surface area contributed by atoms with Gasteiger partial charge in [-0.05, 0) is 66.1 Å². The molecule has 33 heavy (non-hydrogen) atoms. The van der Waals surface area contributed by atoms with E-state index in [1.165, 1.54) is 17.0 Å². The maximum Gasteiger partial charge on any atom is 0.278 e. The van der Waals surface area contributed by atoms with Gasteiger partial charge in [0.2, 0.25) is 0 Å². The average Bonchev–Trinajstić information content (AvgIpc) is 3.08. The van der Waals surface area contributed by atoms with Gasteiger partial charge in [-0.15, -0.1) is 0 Å². The first-order valence-electron chi connectivity index (χ1n) is 10.4. The van der Waals surface area contributed by atoms with Crippen LogP contribution in [0.3, 0.4) is 0 Å². The molecule has 0 aliphatic carbocycles. The van der Waals surface area contributed by atoms with Crippen molar-refractivity contribution in [3.63, 3.8) is 0 Å². The molecule has 3 aromatic rings. The third-order valence-electron chi connectivity index (χ3n) is 5.44. The lowest BCUT2D eigenvalue weighted by molar-refractivity contribution is -0.136. The van der Waals surface area contributed by atoms with E-state index in [0.29, 0.717) is 29.2 Å². The third-order valence-corrected chi connectivity index (χ3v) is 5.44. The summed E-state index contributed by atoms with van der Waals surface area (Å²) in [6.07, 6.45) is 0.420. The molecule has 7 heteroatoms. The number of methoxy groups -OCH3 is 2. The van der Waals surface area contributed by atoms with Gasteiger partial charge in [0.25, 0.3) is 11.8 Å². The quantitative estimate of drug-likeness (QED) is 0.523. The van der Waals surface area contributed by atoms with Gasteiger partial charge in [0.05, 0.1) is 19.8 Å². The van der Waals surface area contributed by atoms with Crippen LogP contribution in [0, 0.1) is 5.82 Å². The van der Waals surface area contributed by atoms with E-state index in [4.69, 9.17) is 9.47 Å². The van der Waals surface area contributed by atoms with Gasteiger partial charge in [-0.1, -0.05) is 24.3 Å². The Balaban J connectivity index is 1.64. The van der Waals surface area contributed by atoms with E-state index in [1.807, 2.05) is 0 Å². The summed E-state index contributed by atoms with van der Waals surface area (Å²) in [5.74, 6) is 0.196. The number of hydrogen-bond acceptors (Lipinski definition) is 5. The summed E-state index contributed by atoms with van der Waals surface area (Å²) < 4.78 is 23.6. The maximum absolute atomic E-state index is 13.3. The SMILES string of the molecule is COc1ccc(NC2=C(c3ccc(OC)cc3)C(=O)N(CCc3ccc(F)cc3)C2=O)cc1. The van der Waals surface area contributed by atoms with Gasteiger partial charge in [0, 0.05) is 12.2 Å². The van der Waals surface area contributed by atoms with E-state index in [0.717, 1.165) is 5.56 Å². The number of nitrogens with zero attached hydrogens (tertiary/aromatic N) is 1. The van der Waals surface area contributed by atoms with E-state index in [9.17, 15) is 14.0 Å². The lowest BCUT2D eigenvalue weighted by atomic mass is 10.0. The molecule has 0 atom stereocenters. The minimum Gasteiger partial charge on any atom is -0.497 e. The van der Waals surface area contributed by atoms with Crippen LogP contribution in [0.5, 0.6) is 11.5 Å². The van der Waals surface area contributed by atoms with Crippen molar-refractivity contribution in [2.75, 3.05) is 26.1 Å². The van der Waals surface area contributed by atoms with E-state index < -0.39 is 5.91 Å². The smallest absolute Gasteiger partial charge is 0.278 e. The molecule has 1 heterocycles. The third kappa shape index (κ3) is 4.72. The standard InChI is InChI=1S/C26H23FN2O4/c1-32-21-11-5-18(6-12-21)23-24(28-20-9-13-22(33-2)14-10-20)26(31)29(25(23)30)16-15-17-3-7-19(27)8-4-17/h3-14,28H,15-16H2,1-2H3. The molecule has 0 bridgehead atoms. The van der Waals surface area contributed by atoms with Crippen LogP contribution in [-0.2, 0) is 16.0 Å². The number of imide groups is 1. The summed E-state index contributed by atoms with van der Waals surface area (Å²) >= 11 is 0. The van der Waals surface area contributed by atoms with Gasteiger partial charge in [0.15, 0.2) is 0 Å². The topological polar surface area (TPSA) is 67.9 Å². The van der Waals surface area contributed by atoms with E-state index in [-0.39, 0.29) is 29.5 Å². The van der Waals surface area contributed by atoms with Gasteiger partial charge in [0.1, 0.15) is 23.0 Å². The monoisotopic (exact) mass is 446 g/mol. The summed E-state index contributed by atoms with van der Waals surface area (Å²) in [4.78, 5) is 27.9. The van der Waals surface area contributed by atoms with Crippen LogP contribution in [0.15, 0.2) is 78.5 Å². The summed E-state index contributed by atoms with van der Waals surface area (Å²) in [5, 5.41) is 3.12. The highest BCUT2D eigenvalue weighted by Crippen LogP contribution is 2.32. The molecule has 0 unspecified atom stereocenters. The Labute approximate surface area is 191 Å². The van der Waals surface area contributed by atoms with Crippen molar-refractivity contribution < 1.29 is 23.5 Å². The fraction of sp³-hybridized carbons (Fsp3) is 0.154. The van der Waals surface area contributed by atoms with Gasteiger partial charge in [-0.3, -0.25) is 14.5 Å². The molecule has 168 valence electrons. The van der Waals surface area contributed by atoms with Crippen molar-refractivity contribution in [1.29, 1.82) is 0 Å². The summed E-state index contributed by atoms with van der Waals surface area (Å²) in [6.45, 7) is 0.177. The van der Waals surface area contributed by atoms with E-state index >= 15 is 0 Å². The zero-order valence-corrected chi connectivity index (χ0v) is 18.3. The Hall–Kier alpha value is -4.13.